The Morgan fingerprint density at radius 2 is 1.65 bits per heavy atom. The lowest BCUT2D eigenvalue weighted by Gasteiger charge is -2.21. The number of fused-ring (bicyclic) bond motifs is 3. The molecule has 2 aliphatic rings. The van der Waals surface area contributed by atoms with E-state index in [4.69, 9.17) is 9.84 Å². The number of carbonyl (C=O) groups is 4. The fraction of sp³-hybridized carbons (Fsp3) is 0.360. The smallest absolute Gasteiger partial charge is 0.407 e. The number of aliphatic carboxylic acids is 1. The van der Waals surface area contributed by atoms with E-state index in [1.54, 1.807) is 6.92 Å². The molecule has 1 fully saturated rings. The third kappa shape index (κ3) is 5.60. The number of ether oxygens (including phenoxy) is 1. The van der Waals surface area contributed by atoms with Crippen molar-refractivity contribution in [1.29, 1.82) is 0 Å². The number of nitrogens with one attached hydrogen (secondary N) is 2. The van der Waals surface area contributed by atoms with Crippen molar-refractivity contribution in [3.8, 4) is 11.1 Å². The molecular weight excluding hydrogens is 440 g/mol. The number of carboxylic acids is 1. The van der Waals surface area contributed by atoms with Crippen LogP contribution in [-0.2, 0) is 19.1 Å². The van der Waals surface area contributed by atoms with E-state index in [-0.39, 0.29) is 24.9 Å². The van der Waals surface area contributed by atoms with Crippen LogP contribution in [0.3, 0.4) is 0 Å². The number of benzene rings is 2. The first-order valence-electron chi connectivity index (χ1n) is 11.1. The Bertz CT molecular complexity index is 1040. The van der Waals surface area contributed by atoms with Crippen LogP contribution >= 0.6 is 0 Å². The highest BCUT2D eigenvalue weighted by Gasteiger charge is 2.31. The molecule has 1 aliphatic carbocycles. The molecule has 9 nitrogen and oxygen atoms in total. The first-order valence-corrected chi connectivity index (χ1v) is 11.1. The number of carbonyl (C=O) groups excluding carboxylic acids is 3. The molecule has 2 aromatic rings. The van der Waals surface area contributed by atoms with Crippen LogP contribution in [0.4, 0.5) is 4.79 Å². The molecule has 0 aromatic heterocycles. The maximum Gasteiger partial charge on any atom is 0.407 e. The maximum absolute atomic E-state index is 12.2. The Kier molecular flexibility index (Phi) is 8.01. The molecule has 4 N–H and O–H groups in total. The molecule has 0 saturated carbocycles. The van der Waals surface area contributed by atoms with Crippen LogP contribution in [0.25, 0.3) is 11.1 Å². The van der Waals surface area contributed by atoms with Gasteiger partial charge in [-0.25, -0.2) is 9.59 Å². The minimum atomic E-state index is -1.11. The molecular formula is C25H28N2O7. The van der Waals surface area contributed by atoms with Gasteiger partial charge >= 0.3 is 12.1 Å². The van der Waals surface area contributed by atoms with Gasteiger partial charge in [0.05, 0.1) is 6.42 Å². The number of aliphatic hydroxyl groups excluding tert-OH is 1. The van der Waals surface area contributed by atoms with Gasteiger partial charge in [0.1, 0.15) is 18.8 Å². The predicted molar refractivity (Wildman–Crippen MR) is 123 cm³/mol. The highest BCUT2D eigenvalue weighted by Crippen LogP contribution is 2.44. The van der Waals surface area contributed by atoms with Crippen LogP contribution in [0.15, 0.2) is 48.5 Å². The Hall–Kier alpha value is -3.72. The lowest BCUT2D eigenvalue weighted by molar-refractivity contribution is -0.140. The number of alkyl carbamates (subject to hydrolysis) is 1. The fourth-order valence-corrected chi connectivity index (χ4v) is 3.99. The summed E-state index contributed by atoms with van der Waals surface area (Å²) in [7, 11) is 0. The van der Waals surface area contributed by atoms with Crippen molar-refractivity contribution >= 4 is 23.9 Å². The zero-order valence-corrected chi connectivity index (χ0v) is 19.0. The third-order valence-electron chi connectivity index (χ3n) is 6.04. The molecule has 1 aliphatic heterocycles. The van der Waals surface area contributed by atoms with Crippen LogP contribution in [0.5, 0.6) is 0 Å². The minimum absolute atomic E-state index is 0.0416. The molecule has 2 aromatic carbocycles. The van der Waals surface area contributed by atoms with Gasteiger partial charge in [-0.05, 0) is 28.2 Å². The van der Waals surface area contributed by atoms with Crippen molar-refractivity contribution in [3.63, 3.8) is 0 Å². The summed E-state index contributed by atoms with van der Waals surface area (Å²) in [6.45, 7) is 3.86. The normalized spacial score (nSPS) is 18.0. The number of rotatable bonds is 6. The minimum Gasteiger partial charge on any atom is -0.480 e. The van der Waals surface area contributed by atoms with Crippen molar-refractivity contribution in [3.05, 3.63) is 59.7 Å². The Morgan fingerprint density at radius 3 is 2.06 bits per heavy atom. The molecule has 0 radical (unpaired) electrons. The first-order chi connectivity index (χ1) is 16.2. The number of imide groups is 1. The van der Waals surface area contributed by atoms with Gasteiger partial charge in [-0.15, -0.1) is 0 Å². The molecule has 3 atom stereocenters. The average molecular weight is 469 g/mol. The van der Waals surface area contributed by atoms with E-state index in [1.165, 1.54) is 0 Å². The molecule has 3 amide bonds. The molecule has 4 rings (SSSR count). The molecule has 1 heterocycles. The molecule has 3 unspecified atom stereocenters. The van der Waals surface area contributed by atoms with Gasteiger partial charge in [0, 0.05) is 5.92 Å². The number of hydrogen-bond donors (Lipinski definition) is 4. The van der Waals surface area contributed by atoms with Gasteiger partial charge < -0.3 is 20.3 Å². The Labute approximate surface area is 197 Å². The first kappa shape index (κ1) is 24.9. The topological polar surface area (TPSA) is 142 Å². The predicted octanol–water partition coefficient (Wildman–Crippen LogP) is 2.42. The molecule has 1 saturated heterocycles. The lowest BCUT2D eigenvalue weighted by atomic mass is 9.98. The van der Waals surface area contributed by atoms with E-state index in [2.05, 4.69) is 17.4 Å². The van der Waals surface area contributed by atoms with Gasteiger partial charge in [-0.2, -0.15) is 0 Å². The summed E-state index contributed by atoms with van der Waals surface area (Å²) in [6, 6.07) is 15.2. The monoisotopic (exact) mass is 468 g/mol. The van der Waals surface area contributed by atoms with Crippen LogP contribution in [-0.4, -0.2) is 52.8 Å². The summed E-state index contributed by atoms with van der Waals surface area (Å²) in [5.41, 5.74) is 4.55. The quantitative estimate of drug-likeness (QED) is 0.477. The van der Waals surface area contributed by atoms with Crippen LogP contribution < -0.4 is 10.6 Å². The van der Waals surface area contributed by atoms with E-state index >= 15 is 0 Å². The number of hydrogen-bond acceptors (Lipinski definition) is 6. The lowest BCUT2D eigenvalue weighted by Crippen LogP contribution is -2.45. The molecule has 0 spiro atoms. The standard InChI is InChI=1S/C21H23NO4.C4H5NO3/c1-3-13(2)19(20(23)24)22-21(25)26-12-18-16-10-6-4-8-14(16)15-9-5-7-11-17(15)18;6-2-1-3(7)5-4(2)8/h4-11,13,18-19H,3,12H2,1-2H3,(H,22,25)(H,23,24);2,6H,1H2,(H,5,7,8). The Balaban J connectivity index is 0.000000343. The molecule has 180 valence electrons. The summed E-state index contributed by atoms with van der Waals surface area (Å²) in [4.78, 5) is 43.9. The van der Waals surface area contributed by atoms with Crippen molar-refractivity contribution in [2.45, 2.75) is 44.8 Å². The van der Waals surface area contributed by atoms with E-state index < -0.39 is 36.0 Å². The van der Waals surface area contributed by atoms with E-state index in [0.29, 0.717) is 6.42 Å². The second kappa shape index (κ2) is 10.9. The van der Waals surface area contributed by atoms with Crippen molar-refractivity contribution in [1.82, 2.24) is 10.6 Å². The van der Waals surface area contributed by atoms with Gasteiger partial charge in [-0.3, -0.25) is 14.9 Å². The maximum atomic E-state index is 12.2. The third-order valence-corrected chi connectivity index (χ3v) is 6.04. The molecule has 34 heavy (non-hydrogen) atoms. The zero-order chi connectivity index (χ0) is 24.8. The average Bonchev–Trinajstić information content (AvgIpc) is 3.30. The number of amides is 3. The van der Waals surface area contributed by atoms with Gasteiger partial charge in [0.15, 0.2) is 0 Å². The second-order valence-electron chi connectivity index (χ2n) is 8.30. The highest BCUT2D eigenvalue weighted by atomic mass is 16.5. The summed E-state index contributed by atoms with van der Waals surface area (Å²) < 4.78 is 5.40. The van der Waals surface area contributed by atoms with E-state index in [1.807, 2.05) is 48.6 Å². The van der Waals surface area contributed by atoms with Gasteiger partial charge in [0.2, 0.25) is 5.91 Å². The number of carboxylic acid groups (broad SMARTS) is 1. The van der Waals surface area contributed by atoms with Gasteiger partial charge in [0.25, 0.3) is 5.91 Å². The summed E-state index contributed by atoms with van der Waals surface area (Å²) >= 11 is 0. The summed E-state index contributed by atoms with van der Waals surface area (Å²) in [6.07, 6.45) is -1.23. The van der Waals surface area contributed by atoms with Crippen LogP contribution in [0.1, 0.15) is 43.7 Å². The fourth-order valence-electron chi connectivity index (χ4n) is 3.99. The van der Waals surface area contributed by atoms with Crippen molar-refractivity contribution in [2.75, 3.05) is 6.61 Å². The number of aliphatic hydroxyl groups is 1. The van der Waals surface area contributed by atoms with Crippen LogP contribution in [0.2, 0.25) is 0 Å². The van der Waals surface area contributed by atoms with E-state index in [0.717, 1.165) is 22.3 Å². The largest absolute Gasteiger partial charge is 0.480 e. The zero-order valence-electron chi connectivity index (χ0n) is 19.0. The van der Waals surface area contributed by atoms with Crippen molar-refractivity contribution < 1.29 is 34.1 Å². The summed E-state index contributed by atoms with van der Waals surface area (Å²) in [5, 5.41) is 22.2. The molecule has 0 bridgehead atoms. The second-order valence-corrected chi connectivity index (χ2v) is 8.30. The Morgan fingerprint density at radius 1 is 1.09 bits per heavy atom. The molecule has 9 heteroatoms. The SMILES string of the molecule is CCC(C)C(NC(=O)OCC1c2ccccc2-c2ccccc21)C(=O)O.O=C1CC(O)C(=O)N1. The van der Waals surface area contributed by atoms with E-state index in [9.17, 15) is 24.3 Å². The summed E-state index contributed by atoms with van der Waals surface area (Å²) in [5.74, 6) is -2.25. The van der Waals surface area contributed by atoms with Gasteiger partial charge in [-0.1, -0.05) is 68.8 Å². The van der Waals surface area contributed by atoms with Crippen molar-refractivity contribution in [2.24, 2.45) is 5.92 Å². The highest BCUT2D eigenvalue weighted by molar-refractivity contribution is 6.04. The van der Waals surface area contributed by atoms with Crippen LogP contribution in [0, 0.1) is 5.92 Å².